The molecule has 1 fully saturated rings. The molecule has 1 saturated heterocycles. The highest BCUT2D eigenvalue weighted by Crippen LogP contribution is 2.36. The van der Waals surface area contributed by atoms with Gasteiger partial charge in [0.1, 0.15) is 23.3 Å². The normalized spacial score (nSPS) is 17.8. The molecule has 0 spiro atoms. The van der Waals surface area contributed by atoms with E-state index in [2.05, 4.69) is 32.2 Å². The smallest absolute Gasteiger partial charge is 0.263 e. The Bertz CT molecular complexity index is 845. The summed E-state index contributed by atoms with van der Waals surface area (Å²) in [5.41, 5.74) is 2.63. The molecule has 6 heteroatoms. The fourth-order valence-electron chi connectivity index (χ4n) is 3.35. The highest BCUT2D eigenvalue weighted by molar-refractivity contribution is 5.88. The number of fused-ring (bicyclic) bond motifs is 1. The lowest BCUT2D eigenvalue weighted by Gasteiger charge is -2.19. The van der Waals surface area contributed by atoms with E-state index in [-0.39, 0.29) is 0 Å². The zero-order valence-corrected chi connectivity index (χ0v) is 13.2. The quantitative estimate of drug-likeness (QED) is 0.741. The molecule has 3 heterocycles. The van der Waals surface area contributed by atoms with E-state index < -0.39 is 0 Å². The van der Waals surface area contributed by atoms with Gasteiger partial charge in [-0.15, -0.1) is 0 Å². The molecule has 23 heavy (non-hydrogen) atoms. The minimum Gasteiger partial charge on any atom is -0.496 e. The van der Waals surface area contributed by atoms with Crippen LogP contribution in [0.3, 0.4) is 0 Å². The third kappa shape index (κ3) is 2.30. The summed E-state index contributed by atoms with van der Waals surface area (Å²) in [6, 6.07) is 8.23. The Kier molecular flexibility index (Phi) is 3.37. The van der Waals surface area contributed by atoms with Crippen molar-refractivity contribution in [1.29, 1.82) is 0 Å². The van der Waals surface area contributed by atoms with Crippen LogP contribution in [0.1, 0.15) is 23.6 Å². The van der Waals surface area contributed by atoms with Crippen molar-refractivity contribution in [1.82, 2.24) is 15.1 Å². The van der Waals surface area contributed by atoms with Crippen LogP contribution >= 0.6 is 0 Å². The monoisotopic (exact) mass is 310 g/mol. The Hall–Kier alpha value is -2.63. The second kappa shape index (κ2) is 5.53. The van der Waals surface area contributed by atoms with E-state index in [0.717, 1.165) is 42.2 Å². The minimum atomic E-state index is 0.427. The topological polar surface area (TPSA) is 64.3 Å². The van der Waals surface area contributed by atoms with Crippen LogP contribution in [0.2, 0.25) is 0 Å². The van der Waals surface area contributed by atoms with E-state index in [0.29, 0.717) is 11.6 Å². The third-order valence-corrected chi connectivity index (χ3v) is 4.49. The molecule has 0 radical (unpaired) electrons. The molecule has 1 atom stereocenters. The predicted octanol–water partition coefficient (Wildman–Crippen LogP) is 2.93. The van der Waals surface area contributed by atoms with Gasteiger partial charge in [0.15, 0.2) is 0 Å². The summed E-state index contributed by atoms with van der Waals surface area (Å²) < 4.78 is 10.8. The van der Waals surface area contributed by atoms with Crippen molar-refractivity contribution in [3.63, 3.8) is 0 Å². The summed E-state index contributed by atoms with van der Waals surface area (Å²) in [4.78, 5) is 10.9. The Morgan fingerprint density at radius 2 is 2.13 bits per heavy atom. The summed E-state index contributed by atoms with van der Waals surface area (Å²) in [7, 11) is 1.72. The van der Waals surface area contributed by atoms with E-state index in [9.17, 15) is 0 Å². The molecule has 4 rings (SSSR count). The third-order valence-electron chi connectivity index (χ3n) is 4.49. The molecule has 6 nitrogen and oxygen atoms in total. The second-order valence-electron chi connectivity index (χ2n) is 5.82. The van der Waals surface area contributed by atoms with Gasteiger partial charge in [0, 0.05) is 19.0 Å². The maximum absolute atomic E-state index is 5.51. The molecular formula is C17H18N4O2. The highest BCUT2D eigenvalue weighted by atomic mass is 16.5. The van der Waals surface area contributed by atoms with E-state index >= 15 is 0 Å². The number of benzene rings is 1. The van der Waals surface area contributed by atoms with Gasteiger partial charge in [-0.3, -0.25) is 0 Å². The van der Waals surface area contributed by atoms with Crippen molar-refractivity contribution in [3.8, 4) is 5.75 Å². The first kappa shape index (κ1) is 14.0. The molecule has 1 aliphatic rings. The van der Waals surface area contributed by atoms with Crippen LogP contribution in [0.5, 0.6) is 5.75 Å². The largest absolute Gasteiger partial charge is 0.496 e. The first-order valence-electron chi connectivity index (χ1n) is 7.72. The SMILES string of the molecule is COc1ccccc1C1CCN(c2ncnc3onc(C)c23)C1. The number of aryl methyl sites for hydroxylation is 1. The maximum Gasteiger partial charge on any atom is 0.263 e. The summed E-state index contributed by atoms with van der Waals surface area (Å²) in [6.07, 6.45) is 2.61. The summed E-state index contributed by atoms with van der Waals surface area (Å²) >= 11 is 0. The Balaban J connectivity index is 1.67. The molecule has 1 aromatic carbocycles. The number of nitrogens with zero attached hydrogens (tertiary/aromatic N) is 4. The average molecular weight is 310 g/mol. The second-order valence-corrected chi connectivity index (χ2v) is 5.82. The molecular weight excluding hydrogens is 292 g/mol. The Labute approximate surface area is 134 Å². The molecule has 0 aliphatic carbocycles. The number of para-hydroxylation sites is 1. The first-order chi connectivity index (χ1) is 11.3. The zero-order chi connectivity index (χ0) is 15.8. The molecule has 0 bridgehead atoms. The van der Waals surface area contributed by atoms with Crippen LogP contribution in [-0.4, -0.2) is 35.3 Å². The van der Waals surface area contributed by atoms with Crippen molar-refractivity contribution >= 4 is 16.9 Å². The van der Waals surface area contributed by atoms with Crippen molar-refractivity contribution < 1.29 is 9.26 Å². The van der Waals surface area contributed by atoms with E-state index in [1.165, 1.54) is 5.56 Å². The van der Waals surface area contributed by atoms with Crippen LogP contribution in [-0.2, 0) is 0 Å². The van der Waals surface area contributed by atoms with Gasteiger partial charge >= 0.3 is 0 Å². The highest BCUT2D eigenvalue weighted by Gasteiger charge is 2.29. The van der Waals surface area contributed by atoms with Crippen LogP contribution in [0.15, 0.2) is 35.1 Å². The number of aromatic nitrogens is 3. The summed E-state index contributed by atoms with van der Waals surface area (Å²) in [5, 5.41) is 4.92. The number of rotatable bonds is 3. The van der Waals surface area contributed by atoms with E-state index in [4.69, 9.17) is 9.26 Å². The van der Waals surface area contributed by atoms with Crippen LogP contribution < -0.4 is 9.64 Å². The molecule has 3 aromatic rings. The number of hydrogen-bond acceptors (Lipinski definition) is 6. The van der Waals surface area contributed by atoms with Crippen molar-refractivity contribution in [2.45, 2.75) is 19.3 Å². The lowest BCUT2D eigenvalue weighted by molar-refractivity contribution is 0.406. The van der Waals surface area contributed by atoms with Crippen LogP contribution in [0, 0.1) is 6.92 Å². The van der Waals surface area contributed by atoms with Crippen LogP contribution in [0.4, 0.5) is 5.82 Å². The fraction of sp³-hybridized carbons (Fsp3) is 0.353. The van der Waals surface area contributed by atoms with Crippen LogP contribution in [0.25, 0.3) is 11.1 Å². The number of methoxy groups -OCH3 is 1. The molecule has 0 saturated carbocycles. The lowest BCUT2D eigenvalue weighted by Crippen LogP contribution is -2.21. The molecule has 2 aromatic heterocycles. The van der Waals surface area contributed by atoms with Gasteiger partial charge in [-0.05, 0) is 25.0 Å². The van der Waals surface area contributed by atoms with Gasteiger partial charge < -0.3 is 14.2 Å². The first-order valence-corrected chi connectivity index (χ1v) is 7.72. The van der Waals surface area contributed by atoms with Gasteiger partial charge in [0.05, 0.1) is 12.8 Å². The van der Waals surface area contributed by atoms with Gasteiger partial charge in [0.2, 0.25) is 0 Å². The summed E-state index contributed by atoms with van der Waals surface area (Å²) in [5.74, 6) is 2.29. The van der Waals surface area contributed by atoms with E-state index in [1.807, 2.05) is 19.1 Å². The molecule has 1 unspecified atom stereocenters. The van der Waals surface area contributed by atoms with E-state index in [1.54, 1.807) is 13.4 Å². The van der Waals surface area contributed by atoms with Gasteiger partial charge in [-0.25, -0.2) is 4.98 Å². The Morgan fingerprint density at radius 1 is 1.26 bits per heavy atom. The van der Waals surface area contributed by atoms with Gasteiger partial charge in [-0.1, -0.05) is 23.4 Å². The standard InChI is InChI=1S/C17H18N4O2/c1-11-15-16(18-10-19-17(15)23-20-11)21-8-7-12(9-21)13-5-3-4-6-14(13)22-2/h3-6,10,12H,7-9H2,1-2H3. The Morgan fingerprint density at radius 3 is 3.00 bits per heavy atom. The number of anilines is 1. The van der Waals surface area contributed by atoms with Gasteiger partial charge in [0.25, 0.3) is 5.71 Å². The van der Waals surface area contributed by atoms with Gasteiger partial charge in [-0.2, -0.15) is 4.98 Å². The van der Waals surface area contributed by atoms with Crippen molar-refractivity contribution in [3.05, 3.63) is 41.9 Å². The fourth-order valence-corrected chi connectivity index (χ4v) is 3.35. The number of ether oxygens (including phenoxy) is 1. The molecule has 1 aliphatic heterocycles. The molecule has 0 amide bonds. The minimum absolute atomic E-state index is 0.427. The van der Waals surface area contributed by atoms with Crippen molar-refractivity contribution in [2.75, 3.05) is 25.1 Å². The van der Waals surface area contributed by atoms with Crippen molar-refractivity contribution in [2.24, 2.45) is 0 Å². The lowest BCUT2D eigenvalue weighted by atomic mass is 9.97. The summed E-state index contributed by atoms with van der Waals surface area (Å²) in [6.45, 7) is 3.77. The average Bonchev–Trinajstić information content (AvgIpc) is 3.22. The zero-order valence-electron chi connectivity index (χ0n) is 13.2. The number of hydrogen-bond donors (Lipinski definition) is 0. The predicted molar refractivity (Wildman–Crippen MR) is 86.9 cm³/mol. The molecule has 118 valence electrons. The molecule has 0 N–H and O–H groups in total. The maximum atomic E-state index is 5.51.